The predicted octanol–water partition coefficient (Wildman–Crippen LogP) is 2.24. The van der Waals surface area contributed by atoms with Crippen molar-refractivity contribution in [2.24, 2.45) is 0 Å². The third kappa shape index (κ3) is 4.48. The first kappa shape index (κ1) is 15.3. The molecule has 1 rings (SSSR count). The van der Waals surface area contributed by atoms with E-state index in [1.807, 2.05) is 12.1 Å². The number of nitrogens with one attached hydrogen (secondary N) is 1. The Morgan fingerprint density at radius 3 is 2.33 bits per heavy atom. The molecule has 0 heterocycles. The molecule has 0 aliphatic heterocycles. The largest absolute Gasteiger partial charge is 0.493 e. The molecule has 4 nitrogen and oxygen atoms in total. The molecule has 0 saturated heterocycles. The summed E-state index contributed by atoms with van der Waals surface area (Å²) in [6, 6.07) is 3.93. The zero-order chi connectivity index (χ0) is 13.4. The molecule has 0 aliphatic rings. The fourth-order valence-corrected chi connectivity index (χ4v) is 2.13. The molecule has 1 aromatic carbocycles. The average Bonchev–Trinajstić information content (AvgIpc) is 2.39. The van der Waals surface area contributed by atoms with Crippen LogP contribution in [0.2, 0.25) is 0 Å². The van der Waals surface area contributed by atoms with E-state index >= 15 is 0 Å². The fourth-order valence-electron chi connectivity index (χ4n) is 1.61. The minimum Gasteiger partial charge on any atom is -0.493 e. The molecule has 18 heavy (non-hydrogen) atoms. The van der Waals surface area contributed by atoms with Crippen LogP contribution in [0.25, 0.3) is 0 Å². The Bertz CT molecular complexity index is 371. The Morgan fingerprint density at radius 1 is 1.06 bits per heavy atom. The zero-order valence-electron chi connectivity index (χ0n) is 11.1. The second-order valence-electron chi connectivity index (χ2n) is 3.79. The van der Waals surface area contributed by atoms with E-state index in [9.17, 15) is 0 Å². The molecule has 0 amide bonds. The summed E-state index contributed by atoms with van der Waals surface area (Å²) in [6.45, 7) is 2.49. The van der Waals surface area contributed by atoms with E-state index < -0.39 is 0 Å². The van der Waals surface area contributed by atoms with Crippen LogP contribution in [0.3, 0.4) is 0 Å². The number of hydrogen-bond acceptors (Lipinski definition) is 4. The summed E-state index contributed by atoms with van der Waals surface area (Å²) >= 11 is 3.55. The van der Waals surface area contributed by atoms with Crippen molar-refractivity contribution in [3.8, 4) is 11.5 Å². The third-order valence-corrected chi connectivity index (χ3v) is 3.34. The van der Waals surface area contributed by atoms with E-state index in [4.69, 9.17) is 14.2 Å². The summed E-state index contributed by atoms with van der Waals surface area (Å²) in [5, 5.41) is 3.31. The van der Waals surface area contributed by atoms with E-state index in [1.54, 1.807) is 21.3 Å². The van der Waals surface area contributed by atoms with Crippen LogP contribution in [-0.2, 0) is 11.2 Å². The van der Waals surface area contributed by atoms with Gasteiger partial charge in [0.1, 0.15) is 0 Å². The van der Waals surface area contributed by atoms with Crippen LogP contribution >= 0.6 is 15.9 Å². The van der Waals surface area contributed by atoms with E-state index in [1.165, 1.54) is 5.56 Å². The molecule has 0 bridgehead atoms. The van der Waals surface area contributed by atoms with Crippen LogP contribution in [0, 0.1) is 0 Å². The van der Waals surface area contributed by atoms with Crippen molar-refractivity contribution < 1.29 is 14.2 Å². The molecule has 0 aromatic heterocycles. The molecule has 0 saturated carbocycles. The Labute approximate surface area is 117 Å². The molecule has 102 valence electrons. The number of rotatable bonds is 8. The zero-order valence-corrected chi connectivity index (χ0v) is 12.7. The van der Waals surface area contributed by atoms with Gasteiger partial charge >= 0.3 is 0 Å². The van der Waals surface area contributed by atoms with Gasteiger partial charge in [0.2, 0.25) is 0 Å². The van der Waals surface area contributed by atoms with Crippen LogP contribution in [0.1, 0.15) is 5.56 Å². The molecular weight excluding hydrogens is 298 g/mol. The van der Waals surface area contributed by atoms with Gasteiger partial charge in [-0.2, -0.15) is 0 Å². The molecule has 0 atom stereocenters. The van der Waals surface area contributed by atoms with Gasteiger partial charge < -0.3 is 19.5 Å². The topological polar surface area (TPSA) is 39.7 Å². The molecule has 1 N–H and O–H groups in total. The van der Waals surface area contributed by atoms with Gasteiger partial charge in [0.05, 0.1) is 20.8 Å². The molecule has 0 aliphatic carbocycles. The third-order valence-electron chi connectivity index (χ3n) is 2.61. The van der Waals surface area contributed by atoms with Gasteiger partial charge in [-0.05, 0) is 30.7 Å². The van der Waals surface area contributed by atoms with Gasteiger partial charge in [-0.25, -0.2) is 0 Å². The van der Waals surface area contributed by atoms with Crippen LogP contribution in [0.5, 0.6) is 11.5 Å². The Hall–Kier alpha value is -0.780. The van der Waals surface area contributed by atoms with Gasteiger partial charge in [-0.3, -0.25) is 0 Å². The Kier molecular flexibility index (Phi) is 7.08. The van der Waals surface area contributed by atoms with Crippen molar-refractivity contribution in [1.29, 1.82) is 0 Å². The van der Waals surface area contributed by atoms with Crippen molar-refractivity contribution in [1.82, 2.24) is 5.32 Å². The number of methoxy groups -OCH3 is 3. The lowest BCUT2D eigenvalue weighted by molar-refractivity contribution is 0.199. The number of hydrogen-bond donors (Lipinski definition) is 1. The SMILES string of the molecule is COCCNCCc1cc(OC)c(OC)cc1Br. The summed E-state index contributed by atoms with van der Waals surface area (Å²) < 4.78 is 16.5. The normalized spacial score (nSPS) is 10.4. The van der Waals surface area contributed by atoms with E-state index in [0.29, 0.717) is 0 Å². The van der Waals surface area contributed by atoms with Crippen LogP contribution in [0.15, 0.2) is 16.6 Å². The van der Waals surface area contributed by atoms with Crippen molar-refractivity contribution in [2.75, 3.05) is 41.0 Å². The van der Waals surface area contributed by atoms with Gasteiger partial charge in [0.25, 0.3) is 0 Å². The first-order valence-electron chi connectivity index (χ1n) is 5.83. The summed E-state index contributed by atoms with van der Waals surface area (Å²) in [7, 11) is 4.98. The molecule has 0 unspecified atom stereocenters. The van der Waals surface area contributed by atoms with Crippen LogP contribution in [0.4, 0.5) is 0 Å². The number of benzene rings is 1. The van der Waals surface area contributed by atoms with Crippen LogP contribution in [-0.4, -0.2) is 41.0 Å². The van der Waals surface area contributed by atoms with E-state index in [-0.39, 0.29) is 0 Å². The van der Waals surface area contributed by atoms with Gasteiger partial charge in [0.15, 0.2) is 11.5 Å². The second-order valence-corrected chi connectivity index (χ2v) is 4.65. The van der Waals surface area contributed by atoms with Crippen molar-refractivity contribution in [3.63, 3.8) is 0 Å². The first-order chi connectivity index (χ1) is 8.72. The predicted molar refractivity (Wildman–Crippen MR) is 75.7 cm³/mol. The van der Waals surface area contributed by atoms with Gasteiger partial charge in [-0.15, -0.1) is 0 Å². The standard InChI is InChI=1S/C13H20BrNO3/c1-16-7-6-15-5-4-10-8-12(17-2)13(18-3)9-11(10)14/h8-9,15H,4-7H2,1-3H3. The van der Waals surface area contributed by atoms with Gasteiger partial charge in [0, 0.05) is 18.1 Å². The highest BCUT2D eigenvalue weighted by atomic mass is 79.9. The molecule has 1 aromatic rings. The van der Waals surface area contributed by atoms with E-state index in [2.05, 4.69) is 21.2 Å². The summed E-state index contributed by atoms with van der Waals surface area (Å²) in [5.74, 6) is 1.49. The lowest BCUT2D eigenvalue weighted by atomic mass is 10.1. The molecule has 0 fully saturated rings. The maximum absolute atomic E-state index is 5.29. The monoisotopic (exact) mass is 317 g/mol. The molecule has 5 heteroatoms. The maximum atomic E-state index is 5.29. The van der Waals surface area contributed by atoms with Gasteiger partial charge in [-0.1, -0.05) is 15.9 Å². The fraction of sp³-hybridized carbons (Fsp3) is 0.538. The molecule has 0 spiro atoms. The van der Waals surface area contributed by atoms with E-state index in [0.717, 1.165) is 42.1 Å². The molecule has 0 radical (unpaired) electrons. The second kappa shape index (κ2) is 8.34. The number of ether oxygens (including phenoxy) is 3. The Morgan fingerprint density at radius 2 is 1.72 bits per heavy atom. The Balaban J connectivity index is 2.59. The van der Waals surface area contributed by atoms with Crippen molar-refractivity contribution in [2.45, 2.75) is 6.42 Å². The maximum Gasteiger partial charge on any atom is 0.161 e. The highest BCUT2D eigenvalue weighted by Gasteiger charge is 2.09. The lowest BCUT2D eigenvalue weighted by Gasteiger charge is -2.12. The molecular formula is C13H20BrNO3. The minimum absolute atomic E-state index is 0.729. The summed E-state index contributed by atoms with van der Waals surface area (Å²) in [4.78, 5) is 0. The average molecular weight is 318 g/mol. The number of halogens is 1. The highest BCUT2D eigenvalue weighted by Crippen LogP contribution is 2.33. The summed E-state index contributed by atoms with van der Waals surface area (Å²) in [6.07, 6.45) is 0.921. The van der Waals surface area contributed by atoms with Crippen molar-refractivity contribution >= 4 is 15.9 Å². The quantitative estimate of drug-likeness (QED) is 0.746. The van der Waals surface area contributed by atoms with Crippen molar-refractivity contribution in [3.05, 3.63) is 22.2 Å². The lowest BCUT2D eigenvalue weighted by Crippen LogP contribution is -2.21. The summed E-state index contributed by atoms with van der Waals surface area (Å²) in [5.41, 5.74) is 1.19. The minimum atomic E-state index is 0.729. The van der Waals surface area contributed by atoms with Crippen LogP contribution < -0.4 is 14.8 Å². The first-order valence-corrected chi connectivity index (χ1v) is 6.62. The highest BCUT2D eigenvalue weighted by molar-refractivity contribution is 9.10. The smallest absolute Gasteiger partial charge is 0.161 e.